The predicted molar refractivity (Wildman–Crippen MR) is 67.2 cm³/mol. The molecule has 0 fully saturated rings. The minimum atomic E-state index is 0.729. The van der Waals surface area contributed by atoms with Gasteiger partial charge in [0.05, 0.1) is 13.2 Å². The van der Waals surface area contributed by atoms with Crippen molar-refractivity contribution in [1.82, 2.24) is 0 Å². The van der Waals surface area contributed by atoms with Gasteiger partial charge in [-0.3, -0.25) is 0 Å². The Kier molecular flexibility index (Phi) is 4.17. The highest BCUT2D eigenvalue weighted by Gasteiger charge is 2.12. The van der Waals surface area contributed by atoms with Gasteiger partial charge in [-0.05, 0) is 37.7 Å². The topological polar surface area (TPSA) is 9.23 Å². The monoisotopic (exact) mass is 216 g/mol. The van der Waals surface area contributed by atoms with Crippen molar-refractivity contribution in [1.29, 1.82) is 0 Å². The summed E-state index contributed by atoms with van der Waals surface area (Å²) in [5.41, 5.74) is 2.81. The highest BCUT2D eigenvalue weighted by atomic mass is 16.5. The molecule has 1 aromatic rings. The summed E-state index contributed by atoms with van der Waals surface area (Å²) in [5, 5.41) is 0. The molecule has 16 heavy (non-hydrogen) atoms. The zero-order chi connectivity index (χ0) is 11.2. The fraction of sp³-hybridized carbons (Fsp3) is 0.467. The highest BCUT2D eigenvalue weighted by Crippen LogP contribution is 2.23. The first-order chi connectivity index (χ1) is 7.84. The van der Waals surface area contributed by atoms with Gasteiger partial charge in [0.2, 0.25) is 0 Å². The molecule has 1 heteroatoms. The van der Waals surface area contributed by atoms with Crippen LogP contribution in [0.15, 0.2) is 42.0 Å². The number of hydrogen-bond acceptors (Lipinski definition) is 1. The molecule has 0 saturated heterocycles. The van der Waals surface area contributed by atoms with Crippen molar-refractivity contribution in [2.75, 3.05) is 6.61 Å². The fourth-order valence-electron chi connectivity index (χ4n) is 2.09. The van der Waals surface area contributed by atoms with Crippen LogP contribution in [0.2, 0.25) is 0 Å². The third kappa shape index (κ3) is 3.49. The Morgan fingerprint density at radius 3 is 2.75 bits per heavy atom. The minimum absolute atomic E-state index is 0.729. The Bertz CT molecular complexity index is 340. The molecule has 1 aliphatic rings. The van der Waals surface area contributed by atoms with Gasteiger partial charge in [0.25, 0.3) is 0 Å². The fourth-order valence-corrected chi connectivity index (χ4v) is 2.09. The van der Waals surface area contributed by atoms with Crippen LogP contribution in [-0.2, 0) is 11.3 Å². The Morgan fingerprint density at radius 2 is 2.06 bits per heavy atom. The maximum absolute atomic E-state index is 5.77. The summed E-state index contributed by atoms with van der Waals surface area (Å²) < 4.78 is 5.77. The van der Waals surface area contributed by atoms with Crippen LogP contribution in [0, 0.1) is 5.92 Å². The number of allylic oxidation sites excluding steroid dienone is 2. The van der Waals surface area contributed by atoms with E-state index in [0.717, 1.165) is 19.1 Å². The molecule has 0 N–H and O–H groups in total. The molecular weight excluding hydrogens is 196 g/mol. The smallest absolute Gasteiger partial charge is 0.0717 e. The van der Waals surface area contributed by atoms with Gasteiger partial charge in [-0.25, -0.2) is 0 Å². The Balaban J connectivity index is 1.69. The lowest BCUT2D eigenvalue weighted by Crippen LogP contribution is -2.12. The van der Waals surface area contributed by atoms with E-state index in [1.54, 1.807) is 5.57 Å². The highest BCUT2D eigenvalue weighted by molar-refractivity contribution is 5.13. The van der Waals surface area contributed by atoms with Crippen LogP contribution in [0.3, 0.4) is 0 Å². The molecule has 1 nitrogen and oxygen atoms in total. The summed E-state index contributed by atoms with van der Waals surface area (Å²) in [7, 11) is 0. The van der Waals surface area contributed by atoms with Gasteiger partial charge < -0.3 is 4.74 Å². The largest absolute Gasteiger partial charge is 0.376 e. The third-order valence-electron chi connectivity index (χ3n) is 3.21. The van der Waals surface area contributed by atoms with Crippen LogP contribution in [-0.4, -0.2) is 6.61 Å². The minimum Gasteiger partial charge on any atom is -0.376 e. The van der Waals surface area contributed by atoms with E-state index in [0.29, 0.717) is 0 Å². The van der Waals surface area contributed by atoms with Crippen LogP contribution < -0.4 is 0 Å². The van der Waals surface area contributed by atoms with E-state index in [1.807, 2.05) is 6.07 Å². The van der Waals surface area contributed by atoms with Gasteiger partial charge in [0, 0.05) is 0 Å². The Hall–Kier alpha value is -1.08. The molecule has 0 aromatic heterocycles. The zero-order valence-corrected chi connectivity index (χ0v) is 9.99. The van der Waals surface area contributed by atoms with E-state index in [9.17, 15) is 0 Å². The molecule has 1 atom stereocenters. The summed E-state index contributed by atoms with van der Waals surface area (Å²) in [6.45, 7) is 3.87. The first kappa shape index (κ1) is 11.4. The maximum Gasteiger partial charge on any atom is 0.0717 e. The summed E-state index contributed by atoms with van der Waals surface area (Å²) in [5.74, 6) is 0.729. The van der Waals surface area contributed by atoms with Gasteiger partial charge in [0.15, 0.2) is 0 Å². The number of ether oxygens (including phenoxy) is 1. The van der Waals surface area contributed by atoms with Crippen molar-refractivity contribution in [2.24, 2.45) is 5.92 Å². The van der Waals surface area contributed by atoms with Crippen LogP contribution in [0.5, 0.6) is 0 Å². The quantitative estimate of drug-likeness (QED) is 0.692. The van der Waals surface area contributed by atoms with E-state index in [1.165, 1.54) is 24.8 Å². The third-order valence-corrected chi connectivity index (χ3v) is 3.21. The van der Waals surface area contributed by atoms with Gasteiger partial charge in [-0.1, -0.05) is 42.0 Å². The van der Waals surface area contributed by atoms with E-state index in [2.05, 4.69) is 37.3 Å². The van der Waals surface area contributed by atoms with Crippen molar-refractivity contribution in [3.8, 4) is 0 Å². The summed E-state index contributed by atoms with van der Waals surface area (Å²) >= 11 is 0. The lowest BCUT2D eigenvalue weighted by molar-refractivity contribution is 0.0835. The lowest BCUT2D eigenvalue weighted by Gasteiger charge is -2.20. The normalized spacial score (nSPS) is 20.6. The second-order valence-corrected chi connectivity index (χ2v) is 4.69. The number of hydrogen-bond donors (Lipinski definition) is 0. The summed E-state index contributed by atoms with van der Waals surface area (Å²) in [6, 6.07) is 10.4. The lowest BCUT2D eigenvalue weighted by atomic mass is 9.91. The standard InChI is InChI=1S/C15H20O/c1-13-7-9-15(10-8-13)12-16-11-14-5-3-2-4-6-14/h2-7,15H,8-12H2,1H3. The maximum atomic E-state index is 5.77. The second-order valence-electron chi connectivity index (χ2n) is 4.69. The van der Waals surface area contributed by atoms with Crippen molar-refractivity contribution in [3.05, 3.63) is 47.5 Å². The zero-order valence-electron chi connectivity index (χ0n) is 9.99. The van der Waals surface area contributed by atoms with Crippen molar-refractivity contribution >= 4 is 0 Å². The van der Waals surface area contributed by atoms with Crippen LogP contribution >= 0.6 is 0 Å². The van der Waals surface area contributed by atoms with Crippen LogP contribution in [0.1, 0.15) is 31.7 Å². The second kappa shape index (κ2) is 5.86. The van der Waals surface area contributed by atoms with Crippen molar-refractivity contribution in [3.63, 3.8) is 0 Å². The molecule has 2 rings (SSSR count). The SMILES string of the molecule is CC1=CCC(COCc2ccccc2)CC1. The average molecular weight is 216 g/mol. The molecule has 0 amide bonds. The van der Waals surface area contributed by atoms with Gasteiger partial charge >= 0.3 is 0 Å². The molecule has 1 aromatic carbocycles. The molecule has 1 unspecified atom stereocenters. The molecule has 0 saturated carbocycles. The molecule has 0 radical (unpaired) electrons. The number of rotatable bonds is 4. The van der Waals surface area contributed by atoms with Gasteiger partial charge in [-0.2, -0.15) is 0 Å². The molecule has 0 heterocycles. The van der Waals surface area contributed by atoms with Crippen LogP contribution in [0.25, 0.3) is 0 Å². The molecule has 1 aliphatic carbocycles. The molecule has 0 aliphatic heterocycles. The Morgan fingerprint density at radius 1 is 1.25 bits per heavy atom. The molecule has 0 spiro atoms. The molecule has 86 valence electrons. The van der Waals surface area contributed by atoms with Crippen LogP contribution in [0.4, 0.5) is 0 Å². The predicted octanol–water partition coefficient (Wildman–Crippen LogP) is 3.95. The van der Waals surface area contributed by atoms with E-state index < -0.39 is 0 Å². The molecular formula is C15H20O. The average Bonchev–Trinajstić information content (AvgIpc) is 2.33. The van der Waals surface area contributed by atoms with Crippen molar-refractivity contribution in [2.45, 2.75) is 32.8 Å². The summed E-state index contributed by atoms with van der Waals surface area (Å²) in [4.78, 5) is 0. The van der Waals surface area contributed by atoms with Gasteiger partial charge in [0.1, 0.15) is 0 Å². The van der Waals surface area contributed by atoms with E-state index >= 15 is 0 Å². The van der Waals surface area contributed by atoms with Gasteiger partial charge in [-0.15, -0.1) is 0 Å². The van der Waals surface area contributed by atoms with E-state index in [-0.39, 0.29) is 0 Å². The first-order valence-corrected chi connectivity index (χ1v) is 6.12. The van der Waals surface area contributed by atoms with E-state index in [4.69, 9.17) is 4.74 Å². The summed E-state index contributed by atoms with van der Waals surface area (Å²) in [6.07, 6.45) is 6.09. The number of benzene rings is 1. The van der Waals surface area contributed by atoms with Crippen molar-refractivity contribution < 1.29 is 4.74 Å². The Labute approximate surface area is 98.1 Å². The first-order valence-electron chi connectivity index (χ1n) is 6.12. The molecule has 0 bridgehead atoms.